The number of ketones is 1. The first-order valence-electron chi connectivity index (χ1n) is 5.04. The molecule has 0 saturated heterocycles. The zero-order chi connectivity index (χ0) is 13.7. The first-order chi connectivity index (χ1) is 8.45. The first kappa shape index (κ1) is 14.4. The van der Waals surface area contributed by atoms with Crippen LogP contribution in [0.25, 0.3) is 0 Å². The van der Waals surface area contributed by atoms with Gasteiger partial charge in [0.25, 0.3) is 0 Å². The molecule has 0 aliphatic rings. The number of hydrogen-bond donors (Lipinski definition) is 0. The number of benzene rings is 1. The average Bonchev–Trinajstić information content (AvgIpc) is 2.27. The van der Waals surface area contributed by atoms with Crippen LogP contribution < -0.4 is 9.47 Å². The molecule has 0 saturated carbocycles. The third-order valence-corrected chi connectivity index (χ3v) is 2.40. The maximum absolute atomic E-state index is 11.8. The predicted molar refractivity (Wildman–Crippen MR) is 67.2 cm³/mol. The Hall–Kier alpha value is -1.69. The van der Waals surface area contributed by atoms with Gasteiger partial charge in [-0.2, -0.15) is 0 Å². The van der Waals surface area contributed by atoms with Crippen LogP contribution in [0.15, 0.2) is 18.2 Å². The second-order valence-electron chi connectivity index (χ2n) is 3.37. The summed E-state index contributed by atoms with van der Waals surface area (Å²) in [6.07, 6.45) is 0. The van der Waals surface area contributed by atoms with E-state index < -0.39 is 11.9 Å². The van der Waals surface area contributed by atoms with Crippen molar-refractivity contribution in [2.45, 2.75) is 13.8 Å². The Bertz CT molecular complexity index is 461. The van der Waals surface area contributed by atoms with Crippen LogP contribution in [0.3, 0.4) is 0 Å². The molecular weight excluding hydrogens is 304 g/mol. The number of Topliss-reactive ketones (excluding diaryl/α,β-unsaturated/α-hetero) is 1. The van der Waals surface area contributed by atoms with E-state index in [2.05, 4.69) is 15.9 Å². The summed E-state index contributed by atoms with van der Waals surface area (Å²) in [7, 11) is 0. The summed E-state index contributed by atoms with van der Waals surface area (Å²) in [5, 5.41) is 0.0273. The minimum Gasteiger partial charge on any atom is -0.426 e. The molecule has 0 atom stereocenters. The number of ether oxygens (including phenoxy) is 2. The maximum Gasteiger partial charge on any atom is 0.308 e. The van der Waals surface area contributed by atoms with Crippen LogP contribution in [0, 0.1) is 0 Å². The Kier molecular flexibility index (Phi) is 5.03. The van der Waals surface area contributed by atoms with Crippen LogP contribution in [0.1, 0.15) is 24.2 Å². The number of rotatable bonds is 4. The molecule has 0 fully saturated rings. The van der Waals surface area contributed by atoms with Crippen LogP contribution in [0.5, 0.6) is 11.5 Å². The molecule has 6 heteroatoms. The molecule has 0 spiro atoms. The van der Waals surface area contributed by atoms with Crippen molar-refractivity contribution < 1.29 is 23.9 Å². The molecule has 96 valence electrons. The second-order valence-corrected chi connectivity index (χ2v) is 3.93. The summed E-state index contributed by atoms with van der Waals surface area (Å²) >= 11 is 3.02. The normalized spacial score (nSPS) is 9.72. The Morgan fingerprint density at radius 1 is 1.06 bits per heavy atom. The highest BCUT2D eigenvalue weighted by molar-refractivity contribution is 9.09. The van der Waals surface area contributed by atoms with E-state index in [0.717, 1.165) is 0 Å². The largest absolute Gasteiger partial charge is 0.426 e. The lowest BCUT2D eigenvalue weighted by Crippen LogP contribution is -2.12. The molecule has 0 bridgehead atoms. The molecule has 0 aliphatic heterocycles. The van der Waals surface area contributed by atoms with Crippen LogP contribution in [0.2, 0.25) is 0 Å². The molecular formula is C12H11BrO5. The van der Waals surface area contributed by atoms with Crippen molar-refractivity contribution in [3.63, 3.8) is 0 Å². The molecule has 0 N–H and O–H groups in total. The van der Waals surface area contributed by atoms with E-state index in [1.54, 1.807) is 0 Å². The van der Waals surface area contributed by atoms with Gasteiger partial charge in [0.2, 0.25) is 0 Å². The Morgan fingerprint density at radius 2 is 1.50 bits per heavy atom. The van der Waals surface area contributed by atoms with Gasteiger partial charge in [0.05, 0.1) is 5.33 Å². The zero-order valence-corrected chi connectivity index (χ0v) is 11.4. The van der Waals surface area contributed by atoms with Crippen molar-refractivity contribution in [2.75, 3.05) is 5.33 Å². The monoisotopic (exact) mass is 314 g/mol. The van der Waals surface area contributed by atoms with Crippen LogP contribution in [-0.4, -0.2) is 23.1 Å². The molecule has 0 aliphatic carbocycles. The molecule has 0 amide bonds. The van der Waals surface area contributed by atoms with E-state index in [9.17, 15) is 14.4 Å². The summed E-state index contributed by atoms with van der Waals surface area (Å²) in [4.78, 5) is 33.7. The van der Waals surface area contributed by atoms with Gasteiger partial charge >= 0.3 is 11.9 Å². The Balaban J connectivity index is 3.29. The van der Waals surface area contributed by atoms with Gasteiger partial charge < -0.3 is 9.47 Å². The summed E-state index contributed by atoms with van der Waals surface area (Å²) < 4.78 is 9.84. The molecule has 1 rings (SSSR count). The van der Waals surface area contributed by atoms with Crippen molar-refractivity contribution in [1.29, 1.82) is 0 Å². The maximum atomic E-state index is 11.8. The molecule has 18 heavy (non-hydrogen) atoms. The van der Waals surface area contributed by atoms with Crippen molar-refractivity contribution in [3.8, 4) is 11.5 Å². The minimum absolute atomic E-state index is 0.0273. The molecule has 0 heterocycles. The number of halogens is 1. The highest BCUT2D eigenvalue weighted by Gasteiger charge is 2.19. The van der Waals surface area contributed by atoms with Gasteiger partial charge in [-0.1, -0.05) is 22.0 Å². The third kappa shape index (κ3) is 3.66. The second kappa shape index (κ2) is 6.30. The Labute approximate surface area is 112 Å². The summed E-state index contributed by atoms with van der Waals surface area (Å²) in [5.74, 6) is -1.31. The number of carbonyl (C=O) groups excluding carboxylic acids is 3. The van der Waals surface area contributed by atoms with Crippen molar-refractivity contribution >= 4 is 33.7 Å². The van der Waals surface area contributed by atoms with E-state index in [0.29, 0.717) is 0 Å². The van der Waals surface area contributed by atoms with E-state index in [1.165, 1.54) is 32.0 Å². The van der Waals surface area contributed by atoms with Crippen molar-refractivity contribution in [1.82, 2.24) is 0 Å². The molecule has 1 aromatic carbocycles. The average molecular weight is 315 g/mol. The lowest BCUT2D eigenvalue weighted by atomic mass is 10.1. The van der Waals surface area contributed by atoms with Gasteiger partial charge in [-0.05, 0) is 12.1 Å². The highest BCUT2D eigenvalue weighted by atomic mass is 79.9. The van der Waals surface area contributed by atoms with Gasteiger partial charge in [-0.3, -0.25) is 14.4 Å². The quantitative estimate of drug-likeness (QED) is 0.368. The van der Waals surface area contributed by atoms with Gasteiger partial charge in [-0.25, -0.2) is 0 Å². The van der Waals surface area contributed by atoms with Gasteiger partial charge in [-0.15, -0.1) is 0 Å². The van der Waals surface area contributed by atoms with Gasteiger partial charge in [0.1, 0.15) is 17.1 Å². The number of carbonyl (C=O) groups is 3. The topological polar surface area (TPSA) is 69.7 Å². The molecule has 0 aromatic heterocycles. The van der Waals surface area contributed by atoms with Gasteiger partial charge in [0, 0.05) is 13.8 Å². The molecule has 5 nitrogen and oxygen atoms in total. The SMILES string of the molecule is CC(=O)Oc1cccc(OC(C)=O)c1C(=O)CBr. The third-order valence-electron chi connectivity index (χ3n) is 1.90. The zero-order valence-electron chi connectivity index (χ0n) is 9.86. The summed E-state index contributed by atoms with van der Waals surface area (Å²) in [6.45, 7) is 2.45. The lowest BCUT2D eigenvalue weighted by molar-refractivity contribution is -0.132. The predicted octanol–water partition coefficient (Wildman–Crippen LogP) is 2.11. The van der Waals surface area contributed by atoms with E-state index >= 15 is 0 Å². The first-order valence-corrected chi connectivity index (χ1v) is 6.17. The number of hydrogen-bond acceptors (Lipinski definition) is 5. The van der Waals surface area contributed by atoms with E-state index in [1.807, 2.05) is 0 Å². The van der Waals surface area contributed by atoms with Crippen molar-refractivity contribution in [2.24, 2.45) is 0 Å². The fourth-order valence-corrected chi connectivity index (χ4v) is 1.61. The van der Waals surface area contributed by atoms with Crippen LogP contribution >= 0.6 is 15.9 Å². The molecule has 1 aromatic rings. The van der Waals surface area contributed by atoms with E-state index in [-0.39, 0.29) is 28.2 Å². The lowest BCUT2D eigenvalue weighted by Gasteiger charge is -2.11. The van der Waals surface area contributed by atoms with Crippen LogP contribution in [0.4, 0.5) is 0 Å². The smallest absolute Gasteiger partial charge is 0.308 e. The van der Waals surface area contributed by atoms with Crippen LogP contribution in [-0.2, 0) is 9.59 Å². The highest BCUT2D eigenvalue weighted by Crippen LogP contribution is 2.29. The summed E-state index contributed by atoms with van der Waals surface area (Å²) in [5.41, 5.74) is 0.0692. The summed E-state index contributed by atoms with van der Waals surface area (Å²) in [6, 6.07) is 4.45. The standard InChI is InChI=1S/C12H11BrO5/c1-7(14)17-10-4-3-5-11(18-8(2)15)12(10)9(16)6-13/h3-5H,6H2,1-2H3. The number of alkyl halides is 1. The fourth-order valence-electron chi connectivity index (χ4n) is 1.33. The van der Waals surface area contributed by atoms with Crippen molar-refractivity contribution in [3.05, 3.63) is 23.8 Å². The Morgan fingerprint density at radius 3 is 1.83 bits per heavy atom. The van der Waals surface area contributed by atoms with Gasteiger partial charge in [0.15, 0.2) is 5.78 Å². The fraction of sp³-hybridized carbons (Fsp3) is 0.250. The minimum atomic E-state index is -0.557. The number of esters is 2. The molecule has 0 unspecified atom stereocenters. The van der Waals surface area contributed by atoms with E-state index in [4.69, 9.17) is 9.47 Å². The molecule has 0 radical (unpaired) electrons.